The minimum atomic E-state index is -0.305. The molecular weight excluding hydrogens is 481 g/mol. The van der Waals surface area contributed by atoms with Crippen LogP contribution in [0.15, 0.2) is 49.1 Å². The Hall–Kier alpha value is -3.93. The highest BCUT2D eigenvalue weighted by molar-refractivity contribution is 5.80. The lowest BCUT2D eigenvalue weighted by molar-refractivity contribution is -0.119. The SMILES string of the molecule is C#C.CC.CC1CCCCC1.CCNc1nc(NCC(=O)NCc2ccc(F)cc2)cc(-n2ccnc2)n1. The molecule has 0 spiro atoms. The lowest BCUT2D eigenvalue weighted by Gasteiger charge is -2.15. The number of amides is 1. The fourth-order valence-corrected chi connectivity index (χ4v) is 3.63. The van der Waals surface area contributed by atoms with Crippen molar-refractivity contribution in [2.24, 2.45) is 5.92 Å². The number of terminal acetylenes is 1. The molecule has 1 amide bonds. The number of hydrogen-bond donors (Lipinski definition) is 3. The second kappa shape index (κ2) is 19.2. The van der Waals surface area contributed by atoms with E-state index in [9.17, 15) is 9.18 Å². The van der Waals surface area contributed by atoms with Gasteiger partial charge in [-0.1, -0.05) is 65.0 Å². The van der Waals surface area contributed by atoms with Crippen molar-refractivity contribution >= 4 is 17.7 Å². The summed E-state index contributed by atoms with van der Waals surface area (Å²) < 4.78 is 14.6. The van der Waals surface area contributed by atoms with Crippen molar-refractivity contribution in [2.45, 2.75) is 66.3 Å². The van der Waals surface area contributed by atoms with Gasteiger partial charge in [-0.3, -0.25) is 9.36 Å². The van der Waals surface area contributed by atoms with E-state index in [0.29, 0.717) is 30.7 Å². The minimum absolute atomic E-state index is 0.0488. The third-order valence-corrected chi connectivity index (χ3v) is 5.54. The zero-order valence-corrected chi connectivity index (χ0v) is 23.1. The molecule has 1 aromatic carbocycles. The van der Waals surface area contributed by atoms with Gasteiger partial charge in [0, 0.05) is 31.5 Å². The normalized spacial score (nSPS) is 12.3. The lowest BCUT2D eigenvalue weighted by atomic mass is 9.91. The summed E-state index contributed by atoms with van der Waals surface area (Å²) in [6, 6.07) is 7.72. The summed E-state index contributed by atoms with van der Waals surface area (Å²) in [7, 11) is 0. The van der Waals surface area contributed by atoms with Gasteiger partial charge in [0.15, 0.2) is 0 Å². The van der Waals surface area contributed by atoms with Crippen molar-refractivity contribution in [1.82, 2.24) is 24.8 Å². The lowest BCUT2D eigenvalue weighted by Crippen LogP contribution is -2.29. The maximum Gasteiger partial charge on any atom is 0.239 e. The largest absolute Gasteiger partial charge is 0.361 e. The highest BCUT2D eigenvalue weighted by Gasteiger charge is 2.08. The third kappa shape index (κ3) is 12.3. The number of nitrogens with one attached hydrogen (secondary N) is 3. The number of aromatic nitrogens is 4. The van der Waals surface area contributed by atoms with Crippen LogP contribution in [-0.2, 0) is 11.3 Å². The Bertz CT molecular complexity index is 1050. The summed E-state index contributed by atoms with van der Waals surface area (Å²) in [5, 5.41) is 8.83. The Morgan fingerprint density at radius 3 is 2.32 bits per heavy atom. The second-order valence-corrected chi connectivity index (χ2v) is 8.44. The first-order chi connectivity index (χ1) is 18.5. The van der Waals surface area contributed by atoms with Crippen molar-refractivity contribution in [3.8, 4) is 18.7 Å². The van der Waals surface area contributed by atoms with E-state index < -0.39 is 0 Å². The molecule has 9 heteroatoms. The van der Waals surface area contributed by atoms with Crippen molar-refractivity contribution in [1.29, 1.82) is 0 Å². The Morgan fingerprint density at radius 1 is 1.08 bits per heavy atom. The van der Waals surface area contributed by atoms with Crippen molar-refractivity contribution in [3.05, 3.63) is 60.4 Å². The molecule has 1 fully saturated rings. The van der Waals surface area contributed by atoms with Crippen LogP contribution in [0.25, 0.3) is 5.82 Å². The van der Waals surface area contributed by atoms with E-state index in [-0.39, 0.29) is 18.3 Å². The quantitative estimate of drug-likeness (QED) is 0.322. The Balaban J connectivity index is 0.000000554. The molecule has 0 radical (unpaired) electrons. The molecule has 2 aromatic heterocycles. The van der Waals surface area contributed by atoms with E-state index in [1.165, 1.54) is 44.2 Å². The van der Waals surface area contributed by atoms with E-state index >= 15 is 0 Å². The Morgan fingerprint density at radius 2 is 1.76 bits per heavy atom. The van der Waals surface area contributed by atoms with Crippen LogP contribution in [0.2, 0.25) is 0 Å². The van der Waals surface area contributed by atoms with Crippen LogP contribution in [0.4, 0.5) is 16.2 Å². The van der Waals surface area contributed by atoms with Crippen LogP contribution in [-0.4, -0.2) is 38.5 Å². The number of rotatable bonds is 8. The summed E-state index contributed by atoms with van der Waals surface area (Å²) in [5.41, 5.74) is 0.823. The van der Waals surface area contributed by atoms with Gasteiger partial charge in [-0.25, -0.2) is 9.37 Å². The molecule has 206 valence electrons. The highest BCUT2D eigenvalue weighted by atomic mass is 19.1. The predicted molar refractivity (Wildman–Crippen MR) is 154 cm³/mol. The summed E-state index contributed by atoms with van der Waals surface area (Å²) >= 11 is 0. The van der Waals surface area contributed by atoms with Gasteiger partial charge in [-0.05, 0) is 30.5 Å². The van der Waals surface area contributed by atoms with Gasteiger partial charge in [-0.15, -0.1) is 12.8 Å². The molecule has 2 heterocycles. The number of halogens is 1. The summed E-state index contributed by atoms with van der Waals surface area (Å²) in [6.45, 7) is 9.36. The van der Waals surface area contributed by atoms with Crippen LogP contribution in [0.5, 0.6) is 0 Å². The molecule has 0 bridgehead atoms. The van der Waals surface area contributed by atoms with E-state index in [1.807, 2.05) is 20.8 Å². The van der Waals surface area contributed by atoms with Crippen LogP contribution < -0.4 is 16.0 Å². The van der Waals surface area contributed by atoms with Gasteiger partial charge in [0.2, 0.25) is 11.9 Å². The molecular formula is C29H42FN7O. The molecule has 8 nitrogen and oxygen atoms in total. The van der Waals surface area contributed by atoms with Crippen molar-refractivity contribution in [3.63, 3.8) is 0 Å². The predicted octanol–water partition coefficient (Wildman–Crippen LogP) is 5.82. The zero-order valence-electron chi connectivity index (χ0n) is 23.1. The molecule has 0 atom stereocenters. The summed E-state index contributed by atoms with van der Waals surface area (Å²) in [4.78, 5) is 24.8. The molecule has 1 aliphatic rings. The number of benzene rings is 1. The Kier molecular flexibility index (Phi) is 16.2. The van der Waals surface area contributed by atoms with Crippen molar-refractivity contribution < 1.29 is 9.18 Å². The molecule has 0 saturated heterocycles. The average molecular weight is 524 g/mol. The highest BCUT2D eigenvalue weighted by Crippen LogP contribution is 2.22. The van der Waals surface area contributed by atoms with Crippen LogP contribution in [0.3, 0.4) is 0 Å². The number of carbonyl (C=O) groups is 1. The number of imidazole rings is 1. The molecule has 3 aromatic rings. The number of anilines is 2. The molecule has 0 aliphatic heterocycles. The van der Waals surface area contributed by atoms with Gasteiger partial charge in [0.1, 0.15) is 23.8 Å². The van der Waals surface area contributed by atoms with Gasteiger partial charge < -0.3 is 16.0 Å². The number of carbonyl (C=O) groups excluding carboxylic acids is 1. The van der Waals surface area contributed by atoms with E-state index in [0.717, 1.165) is 11.5 Å². The molecule has 38 heavy (non-hydrogen) atoms. The van der Waals surface area contributed by atoms with E-state index in [4.69, 9.17) is 0 Å². The topological polar surface area (TPSA) is 96.8 Å². The van der Waals surface area contributed by atoms with Crippen LogP contribution >= 0.6 is 0 Å². The number of nitrogens with zero attached hydrogens (tertiary/aromatic N) is 4. The maximum absolute atomic E-state index is 12.9. The maximum atomic E-state index is 12.9. The summed E-state index contributed by atoms with van der Waals surface area (Å²) in [6.07, 6.45) is 20.5. The number of hydrogen-bond acceptors (Lipinski definition) is 6. The minimum Gasteiger partial charge on any atom is -0.361 e. The third-order valence-electron chi connectivity index (χ3n) is 5.54. The summed E-state index contributed by atoms with van der Waals surface area (Å²) in [5.74, 6) is 2.13. The molecule has 1 aliphatic carbocycles. The van der Waals surface area contributed by atoms with Gasteiger partial charge in [0.05, 0.1) is 6.54 Å². The second-order valence-electron chi connectivity index (χ2n) is 8.44. The van der Waals surface area contributed by atoms with Gasteiger partial charge >= 0.3 is 0 Å². The van der Waals surface area contributed by atoms with Crippen molar-refractivity contribution in [2.75, 3.05) is 23.7 Å². The van der Waals surface area contributed by atoms with Gasteiger partial charge in [0.25, 0.3) is 0 Å². The first kappa shape index (κ1) is 32.1. The molecule has 1 saturated carbocycles. The van der Waals surface area contributed by atoms with Gasteiger partial charge in [-0.2, -0.15) is 9.97 Å². The molecule has 0 unspecified atom stereocenters. The van der Waals surface area contributed by atoms with E-state index in [2.05, 4.69) is 50.7 Å². The first-order valence-corrected chi connectivity index (χ1v) is 13.2. The fourth-order valence-electron chi connectivity index (χ4n) is 3.63. The molecule has 4 rings (SSSR count). The first-order valence-electron chi connectivity index (χ1n) is 13.2. The van der Waals surface area contributed by atoms with Crippen LogP contribution in [0.1, 0.15) is 65.4 Å². The smallest absolute Gasteiger partial charge is 0.239 e. The monoisotopic (exact) mass is 523 g/mol. The standard InChI is InChI=1S/C18H20FN7O.C7H14.C2H6.C2H2/c1-2-21-18-24-15(9-16(25-18)26-8-7-20-12-26)22-11-17(27)23-10-13-3-5-14(19)6-4-13;1-7-5-3-2-4-6-7;2*1-2/h3-9,12H,2,10-11H2,1H3,(H,23,27)(H2,21,22,24,25);7H,2-6H2,1H3;1-2H3;1-2H. The Labute approximate surface area is 226 Å². The fraction of sp³-hybridized carbons (Fsp3) is 0.448. The molecule has 3 N–H and O–H groups in total. The van der Waals surface area contributed by atoms with E-state index in [1.54, 1.807) is 41.5 Å². The zero-order chi connectivity index (χ0) is 28.2. The van der Waals surface area contributed by atoms with Crippen LogP contribution in [0, 0.1) is 24.6 Å². The average Bonchev–Trinajstić information content (AvgIpc) is 3.50.